The van der Waals surface area contributed by atoms with Crippen LogP contribution in [0.3, 0.4) is 0 Å². The monoisotopic (exact) mass is 537 g/mol. The second kappa shape index (κ2) is 11.0. The minimum absolute atomic E-state index is 0.116. The van der Waals surface area contributed by atoms with Crippen LogP contribution in [0.25, 0.3) is 10.9 Å². The third-order valence-electron chi connectivity index (χ3n) is 4.91. The van der Waals surface area contributed by atoms with Crippen molar-refractivity contribution in [2.24, 2.45) is 0 Å². The first-order valence-electron chi connectivity index (χ1n) is 10.5. The summed E-state index contributed by atoms with van der Waals surface area (Å²) in [5.74, 6) is -0.931. The number of carbonyl (C=O) groups excluding carboxylic acids is 1. The number of likely N-dealkylation sites (N-methyl/N-ethyl adjacent to an activating group) is 1. The van der Waals surface area contributed by atoms with E-state index < -0.39 is 22.6 Å². The molecule has 1 amide bonds. The van der Waals surface area contributed by atoms with Crippen LogP contribution in [0.15, 0.2) is 48.8 Å². The summed E-state index contributed by atoms with van der Waals surface area (Å²) in [5.41, 5.74) is 1.43. The molecule has 0 unspecified atom stereocenters. The maximum atomic E-state index is 13.8. The summed E-state index contributed by atoms with van der Waals surface area (Å²) in [7, 11) is -3.14. The van der Waals surface area contributed by atoms with E-state index in [1.54, 1.807) is 18.2 Å². The quantitative estimate of drug-likeness (QED) is 0.181. The minimum Gasteiger partial charge on any atom is -0.383 e. The molecule has 0 aliphatic rings. The Morgan fingerprint density at radius 1 is 1.20 bits per heavy atom. The van der Waals surface area contributed by atoms with Crippen LogP contribution in [-0.2, 0) is 10.9 Å². The zero-order valence-electron chi connectivity index (χ0n) is 18.4. The molecule has 4 aromatic rings. The fourth-order valence-electron chi connectivity index (χ4n) is 3.37. The number of hydrogen-bond acceptors (Lipinski definition) is 8. The molecule has 0 radical (unpaired) electrons. The van der Waals surface area contributed by atoms with Gasteiger partial charge in [0.1, 0.15) is 10.2 Å². The lowest BCUT2D eigenvalue weighted by molar-refractivity contribution is 0.102. The molecular formula is C21H21ClFN7O3S2. The number of nitrogens with one attached hydrogen (secondary N) is 3. The SMILES string of the molecule is CCNCCNc1cc(F)ccc1C(=O)Nc1cccc2c1cnn2N(c1ncc(Cl)s1)[SH](=O)=O. The highest BCUT2D eigenvalue weighted by atomic mass is 35.5. The number of aromatic nitrogens is 3. The maximum Gasteiger partial charge on any atom is 0.257 e. The molecule has 0 aliphatic carbocycles. The van der Waals surface area contributed by atoms with E-state index in [4.69, 9.17) is 11.6 Å². The molecule has 4 rings (SSSR count). The van der Waals surface area contributed by atoms with Crippen molar-refractivity contribution >= 4 is 67.1 Å². The summed E-state index contributed by atoms with van der Waals surface area (Å²) in [6.07, 6.45) is 2.78. The van der Waals surface area contributed by atoms with Crippen LogP contribution < -0.4 is 20.4 Å². The first kappa shape index (κ1) is 24.9. The van der Waals surface area contributed by atoms with Crippen LogP contribution in [0.5, 0.6) is 0 Å². The minimum atomic E-state index is -3.14. The van der Waals surface area contributed by atoms with Crippen LogP contribution >= 0.6 is 22.9 Å². The van der Waals surface area contributed by atoms with E-state index in [0.717, 1.165) is 27.1 Å². The van der Waals surface area contributed by atoms with Gasteiger partial charge in [0.2, 0.25) is 16.0 Å². The zero-order chi connectivity index (χ0) is 24.9. The summed E-state index contributed by atoms with van der Waals surface area (Å²) in [6.45, 7) is 3.92. The first-order valence-corrected chi connectivity index (χ1v) is 12.8. The normalized spacial score (nSPS) is 11.2. The molecule has 35 heavy (non-hydrogen) atoms. The lowest BCUT2D eigenvalue weighted by Crippen LogP contribution is -2.28. The molecule has 0 fully saturated rings. The number of halogens is 2. The standard InChI is InChI=1S/C21H21ClFN7O3S2/c1-2-24-8-9-25-17-10-13(23)6-7-14(17)20(31)28-16-4-3-5-18-15(16)11-27-29(18)30(35(32)33)21-26-12-19(22)34-21/h3-7,10-12,24-25,35H,2,8-9H2,1H3,(H,28,31). The lowest BCUT2D eigenvalue weighted by Gasteiger charge is -2.15. The number of benzene rings is 2. The molecule has 14 heteroatoms. The van der Waals surface area contributed by atoms with E-state index in [2.05, 4.69) is 26.0 Å². The van der Waals surface area contributed by atoms with Crippen molar-refractivity contribution in [3.63, 3.8) is 0 Å². The Morgan fingerprint density at radius 3 is 2.74 bits per heavy atom. The van der Waals surface area contributed by atoms with Gasteiger partial charge in [-0.2, -0.15) is 9.89 Å². The Morgan fingerprint density at radius 2 is 2.03 bits per heavy atom. The Balaban J connectivity index is 1.64. The molecule has 10 nitrogen and oxygen atoms in total. The molecule has 0 saturated heterocycles. The number of thiazole rings is 1. The number of carbonyl (C=O) groups is 1. The summed E-state index contributed by atoms with van der Waals surface area (Å²) in [4.78, 5) is 18.3. The van der Waals surface area contributed by atoms with Crippen LogP contribution in [0.4, 0.5) is 20.9 Å². The molecule has 0 atom stereocenters. The van der Waals surface area contributed by atoms with Crippen molar-refractivity contribution in [3.05, 3.63) is 64.5 Å². The molecule has 0 bridgehead atoms. The van der Waals surface area contributed by atoms with E-state index in [-0.39, 0.29) is 10.7 Å². The first-order chi connectivity index (χ1) is 16.9. The Hall–Kier alpha value is -3.26. The fourth-order valence-corrected chi connectivity index (χ4v) is 4.96. The molecule has 184 valence electrons. The topological polar surface area (TPSA) is 121 Å². The van der Waals surface area contributed by atoms with Crippen molar-refractivity contribution in [2.75, 3.05) is 34.7 Å². The average Bonchev–Trinajstić information content (AvgIpc) is 3.44. The molecule has 0 aliphatic heterocycles. The average molecular weight is 538 g/mol. The van der Waals surface area contributed by atoms with E-state index in [1.807, 2.05) is 6.92 Å². The number of amides is 1. The Kier molecular flexibility index (Phi) is 7.80. The van der Waals surface area contributed by atoms with Crippen molar-refractivity contribution in [1.82, 2.24) is 20.2 Å². The zero-order valence-corrected chi connectivity index (χ0v) is 20.8. The van der Waals surface area contributed by atoms with Gasteiger partial charge in [-0.1, -0.05) is 35.9 Å². The van der Waals surface area contributed by atoms with Crippen LogP contribution in [0.2, 0.25) is 4.34 Å². The van der Waals surface area contributed by atoms with Gasteiger partial charge >= 0.3 is 0 Å². The highest BCUT2D eigenvalue weighted by Gasteiger charge is 2.21. The van der Waals surface area contributed by atoms with Crippen molar-refractivity contribution in [3.8, 4) is 0 Å². The van der Waals surface area contributed by atoms with Crippen molar-refractivity contribution in [2.45, 2.75) is 6.92 Å². The molecule has 0 saturated carbocycles. The highest BCUT2D eigenvalue weighted by Crippen LogP contribution is 2.30. The Bertz CT molecular complexity index is 1430. The van der Waals surface area contributed by atoms with Gasteiger partial charge in [0.05, 0.1) is 29.2 Å². The van der Waals surface area contributed by atoms with Crippen molar-refractivity contribution < 1.29 is 17.6 Å². The second-order valence-electron chi connectivity index (χ2n) is 7.17. The summed E-state index contributed by atoms with van der Waals surface area (Å²) in [6, 6.07) is 8.85. The largest absolute Gasteiger partial charge is 0.383 e. The molecule has 2 aromatic heterocycles. The predicted molar refractivity (Wildman–Crippen MR) is 136 cm³/mol. The summed E-state index contributed by atoms with van der Waals surface area (Å²) >= 11 is 6.90. The van der Waals surface area contributed by atoms with Crippen LogP contribution in [-0.4, -0.2) is 48.8 Å². The number of hydrogen-bond donors (Lipinski definition) is 4. The Labute approximate surface area is 210 Å². The van der Waals surface area contributed by atoms with Gasteiger partial charge in [0.15, 0.2) is 0 Å². The van der Waals surface area contributed by atoms with Gasteiger partial charge in [-0.3, -0.25) is 4.79 Å². The van der Waals surface area contributed by atoms with Gasteiger partial charge in [0.25, 0.3) is 5.91 Å². The van der Waals surface area contributed by atoms with E-state index in [9.17, 15) is 17.6 Å². The molecular weight excluding hydrogens is 517 g/mol. The predicted octanol–water partition coefficient (Wildman–Crippen LogP) is 3.36. The van der Waals surface area contributed by atoms with E-state index >= 15 is 0 Å². The molecule has 2 heterocycles. The third kappa shape index (κ3) is 5.53. The number of rotatable bonds is 10. The second-order valence-corrected chi connectivity index (χ2v) is 9.67. The molecule has 3 N–H and O–H groups in total. The smallest absolute Gasteiger partial charge is 0.257 e. The highest BCUT2D eigenvalue weighted by molar-refractivity contribution is 7.74. The number of fused-ring (bicyclic) bond motifs is 1. The van der Waals surface area contributed by atoms with Gasteiger partial charge in [-0.05, 0) is 36.9 Å². The van der Waals surface area contributed by atoms with Crippen LogP contribution in [0.1, 0.15) is 17.3 Å². The van der Waals surface area contributed by atoms with Gasteiger partial charge in [0, 0.05) is 24.2 Å². The number of anilines is 3. The van der Waals surface area contributed by atoms with Crippen molar-refractivity contribution in [1.29, 1.82) is 0 Å². The fraction of sp³-hybridized carbons (Fsp3) is 0.190. The van der Waals surface area contributed by atoms with E-state index in [0.29, 0.717) is 39.7 Å². The van der Waals surface area contributed by atoms with E-state index in [1.165, 1.54) is 30.6 Å². The van der Waals surface area contributed by atoms with Crippen LogP contribution in [0, 0.1) is 5.82 Å². The number of nitrogens with zero attached hydrogens (tertiary/aromatic N) is 4. The van der Waals surface area contributed by atoms with Gasteiger partial charge in [-0.25, -0.2) is 17.8 Å². The summed E-state index contributed by atoms with van der Waals surface area (Å²) in [5, 5.41) is 13.8. The van der Waals surface area contributed by atoms with Gasteiger partial charge in [-0.15, -0.1) is 4.41 Å². The number of thiol groups is 1. The molecule has 2 aromatic carbocycles. The summed E-state index contributed by atoms with van der Waals surface area (Å²) < 4.78 is 39.1. The third-order valence-corrected chi connectivity index (χ3v) is 6.80. The lowest BCUT2D eigenvalue weighted by atomic mass is 10.1. The van der Waals surface area contributed by atoms with Gasteiger partial charge < -0.3 is 16.0 Å². The molecule has 0 spiro atoms. The maximum absolute atomic E-state index is 13.8.